The van der Waals surface area contributed by atoms with Crippen molar-refractivity contribution in [1.82, 2.24) is 14.8 Å². The highest BCUT2D eigenvalue weighted by molar-refractivity contribution is 5.33. The standard InChI is InChI=1S/C13H23N5/c1-11-9-17(2)6-3-7-18(11)10-12-4-5-13(16-14)15-8-12/h4-5,8,11H,3,6-7,9-10,14H2,1-2H3,(H,15,16). The summed E-state index contributed by atoms with van der Waals surface area (Å²) in [6.07, 6.45) is 3.13. The summed E-state index contributed by atoms with van der Waals surface area (Å²) in [5.41, 5.74) is 3.79. The molecule has 0 aromatic carbocycles. The lowest BCUT2D eigenvalue weighted by Gasteiger charge is -2.27. The Bertz CT molecular complexity index is 364. The highest BCUT2D eigenvalue weighted by Crippen LogP contribution is 2.13. The second-order valence-electron chi connectivity index (χ2n) is 5.13. The zero-order valence-electron chi connectivity index (χ0n) is 11.3. The SMILES string of the molecule is CC1CN(C)CCCN1Cc1ccc(NN)nc1. The molecule has 1 aliphatic rings. The maximum absolute atomic E-state index is 5.31. The first-order chi connectivity index (χ1) is 8.69. The average Bonchev–Trinajstić information content (AvgIpc) is 2.52. The number of nitrogens with zero attached hydrogens (tertiary/aromatic N) is 3. The Morgan fingerprint density at radius 1 is 1.44 bits per heavy atom. The van der Waals surface area contributed by atoms with Crippen molar-refractivity contribution in [1.29, 1.82) is 0 Å². The average molecular weight is 249 g/mol. The number of nitrogens with two attached hydrogens (primary N) is 1. The number of hydrogen-bond acceptors (Lipinski definition) is 5. The number of rotatable bonds is 3. The van der Waals surface area contributed by atoms with Gasteiger partial charge in [-0.05, 0) is 38.6 Å². The molecule has 0 saturated carbocycles. The number of nitrogen functional groups attached to an aromatic ring is 1. The van der Waals surface area contributed by atoms with E-state index in [9.17, 15) is 0 Å². The van der Waals surface area contributed by atoms with Crippen molar-refractivity contribution in [2.45, 2.75) is 25.9 Å². The number of nitrogens with one attached hydrogen (secondary N) is 1. The second kappa shape index (κ2) is 6.13. The van der Waals surface area contributed by atoms with Crippen molar-refractivity contribution < 1.29 is 0 Å². The molecule has 1 atom stereocenters. The van der Waals surface area contributed by atoms with E-state index in [-0.39, 0.29) is 0 Å². The molecule has 2 rings (SSSR count). The first-order valence-electron chi connectivity index (χ1n) is 6.53. The summed E-state index contributed by atoms with van der Waals surface area (Å²) in [6.45, 7) is 6.74. The monoisotopic (exact) mass is 249 g/mol. The molecule has 0 radical (unpaired) electrons. The summed E-state index contributed by atoms with van der Waals surface area (Å²) in [7, 11) is 2.20. The zero-order valence-corrected chi connectivity index (χ0v) is 11.3. The number of likely N-dealkylation sites (N-methyl/N-ethyl adjacent to an activating group) is 1. The van der Waals surface area contributed by atoms with Crippen LogP contribution in [0.2, 0.25) is 0 Å². The molecule has 1 aliphatic heterocycles. The van der Waals surface area contributed by atoms with Crippen LogP contribution in [-0.2, 0) is 6.54 Å². The van der Waals surface area contributed by atoms with Crippen LogP contribution < -0.4 is 11.3 Å². The number of aromatic nitrogens is 1. The molecule has 1 saturated heterocycles. The minimum Gasteiger partial charge on any atom is -0.308 e. The first kappa shape index (κ1) is 13.3. The van der Waals surface area contributed by atoms with E-state index in [4.69, 9.17) is 5.84 Å². The molecule has 3 N–H and O–H groups in total. The Balaban J connectivity index is 1.98. The van der Waals surface area contributed by atoms with Crippen LogP contribution in [0, 0.1) is 0 Å². The molecule has 100 valence electrons. The number of anilines is 1. The van der Waals surface area contributed by atoms with Gasteiger partial charge in [-0.15, -0.1) is 0 Å². The molecule has 1 aromatic heterocycles. The van der Waals surface area contributed by atoms with E-state index in [2.05, 4.69) is 40.2 Å². The lowest BCUT2D eigenvalue weighted by atomic mass is 10.2. The summed E-state index contributed by atoms with van der Waals surface area (Å²) >= 11 is 0. The Hall–Kier alpha value is -1.17. The summed E-state index contributed by atoms with van der Waals surface area (Å²) in [5, 5.41) is 0. The third-order valence-electron chi connectivity index (χ3n) is 3.54. The molecule has 0 bridgehead atoms. The van der Waals surface area contributed by atoms with E-state index in [0.717, 1.165) is 19.6 Å². The topological polar surface area (TPSA) is 57.4 Å². The Kier molecular flexibility index (Phi) is 4.52. The molecule has 2 heterocycles. The molecule has 1 aromatic rings. The smallest absolute Gasteiger partial charge is 0.139 e. The Morgan fingerprint density at radius 3 is 2.94 bits per heavy atom. The van der Waals surface area contributed by atoms with Crippen LogP contribution in [0.1, 0.15) is 18.9 Å². The number of pyridine rings is 1. The van der Waals surface area contributed by atoms with Crippen molar-refractivity contribution in [3.8, 4) is 0 Å². The fourth-order valence-electron chi connectivity index (χ4n) is 2.49. The third kappa shape index (κ3) is 3.41. The molecule has 0 amide bonds. The van der Waals surface area contributed by atoms with E-state index in [1.807, 2.05) is 12.3 Å². The van der Waals surface area contributed by atoms with Gasteiger partial charge in [0.25, 0.3) is 0 Å². The Labute approximate surface area is 109 Å². The lowest BCUT2D eigenvalue weighted by molar-refractivity contribution is 0.194. The zero-order chi connectivity index (χ0) is 13.0. The van der Waals surface area contributed by atoms with E-state index in [1.165, 1.54) is 18.5 Å². The summed E-state index contributed by atoms with van der Waals surface area (Å²) in [4.78, 5) is 9.18. The van der Waals surface area contributed by atoms with Gasteiger partial charge in [-0.1, -0.05) is 6.07 Å². The quantitative estimate of drug-likeness (QED) is 0.615. The molecule has 18 heavy (non-hydrogen) atoms. The number of hydrazine groups is 1. The maximum atomic E-state index is 5.31. The van der Waals surface area contributed by atoms with Crippen LogP contribution in [-0.4, -0.2) is 47.5 Å². The van der Waals surface area contributed by atoms with Crippen LogP contribution in [0.5, 0.6) is 0 Å². The first-order valence-corrected chi connectivity index (χ1v) is 6.53. The van der Waals surface area contributed by atoms with Gasteiger partial charge in [0.05, 0.1) is 0 Å². The minimum absolute atomic E-state index is 0.588. The van der Waals surface area contributed by atoms with Crippen LogP contribution in [0.3, 0.4) is 0 Å². The van der Waals surface area contributed by atoms with Gasteiger partial charge in [-0.3, -0.25) is 4.90 Å². The van der Waals surface area contributed by atoms with Gasteiger partial charge in [0.15, 0.2) is 0 Å². The van der Waals surface area contributed by atoms with E-state index in [1.54, 1.807) is 0 Å². The van der Waals surface area contributed by atoms with Crippen molar-refractivity contribution >= 4 is 5.82 Å². The second-order valence-corrected chi connectivity index (χ2v) is 5.13. The molecule has 5 nitrogen and oxygen atoms in total. The molecule has 5 heteroatoms. The van der Waals surface area contributed by atoms with Crippen molar-refractivity contribution in [3.63, 3.8) is 0 Å². The largest absolute Gasteiger partial charge is 0.308 e. The van der Waals surface area contributed by atoms with Crippen LogP contribution in [0.15, 0.2) is 18.3 Å². The van der Waals surface area contributed by atoms with Gasteiger partial charge in [0.2, 0.25) is 0 Å². The fraction of sp³-hybridized carbons (Fsp3) is 0.615. The molecule has 0 spiro atoms. The van der Waals surface area contributed by atoms with Crippen LogP contribution >= 0.6 is 0 Å². The van der Waals surface area contributed by atoms with Crippen LogP contribution in [0.4, 0.5) is 5.82 Å². The van der Waals surface area contributed by atoms with Crippen molar-refractivity contribution in [2.24, 2.45) is 5.84 Å². The molecular weight excluding hydrogens is 226 g/mol. The van der Waals surface area contributed by atoms with Gasteiger partial charge in [-0.2, -0.15) is 0 Å². The summed E-state index contributed by atoms with van der Waals surface area (Å²) < 4.78 is 0. The number of hydrogen-bond donors (Lipinski definition) is 2. The van der Waals surface area contributed by atoms with Gasteiger partial charge in [0.1, 0.15) is 5.82 Å². The van der Waals surface area contributed by atoms with E-state index in [0.29, 0.717) is 11.9 Å². The van der Waals surface area contributed by atoms with Crippen molar-refractivity contribution in [2.75, 3.05) is 32.1 Å². The van der Waals surface area contributed by atoms with Gasteiger partial charge in [-0.25, -0.2) is 10.8 Å². The highest BCUT2D eigenvalue weighted by Gasteiger charge is 2.19. The van der Waals surface area contributed by atoms with Gasteiger partial charge >= 0.3 is 0 Å². The predicted molar refractivity (Wildman–Crippen MR) is 74.0 cm³/mol. The molecule has 0 aliphatic carbocycles. The van der Waals surface area contributed by atoms with E-state index >= 15 is 0 Å². The normalized spacial score (nSPS) is 22.7. The maximum Gasteiger partial charge on any atom is 0.139 e. The third-order valence-corrected chi connectivity index (χ3v) is 3.54. The van der Waals surface area contributed by atoms with Crippen molar-refractivity contribution in [3.05, 3.63) is 23.9 Å². The highest BCUT2D eigenvalue weighted by atomic mass is 15.2. The summed E-state index contributed by atoms with van der Waals surface area (Å²) in [5.74, 6) is 6.02. The molecular formula is C13H23N5. The lowest BCUT2D eigenvalue weighted by Crippen LogP contribution is -2.37. The summed E-state index contributed by atoms with van der Waals surface area (Å²) in [6, 6.07) is 4.60. The molecule has 1 unspecified atom stereocenters. The van der Waals surface area contributed by atoms with Gasteiger partial charge in [0, 0.05) is 31.9 Å². The minimum atomic E-state index is 0.588. The van der Waals surface area contributed by atoms with Crippen LogP contribution in [0.25, 0.3) is 0 Å². The Morgan fingerprint density at radius 2 is 2.28 bits per heavy atom. The molecule has 1 fully saturated rings. The van der Waals surface area contributed by atoms with Gasteiger partial charge < -0.3 is 10.3 Å². The van der Waals surface area contributed by atoms with E-state index < -0.39 is 0 Å². The fourth-order valence-corrected chi connectivity index (χ4v) is 2.49. The predicted octanol–water partition coefficient (Wildman–Crippen LogP) is 0.893.